The summed E-state index contributed by atoms with van der Waals surface area (Å²) >= 11 is 0. The van der Waals surface area contributed by atoms with Crippen LogP contribution in [0.15, 0.2) is 91.0 Å². The minimum Gasteiger partial charge on any atom is -0.462 e. The predicted octanol–water partition coefficient (Wildman–Crippen LogP) is 3.60. The molecule has 0 saturated carbocycles. The number of aliphatic hydroxyl groups excluding tert-OH is 1. The summed E-state index contributed by atoms with van der Waals surface area (Å²) in [6, 6.07) is 27.6. The average Bonchev–Trinajstić information content (AvgIpc) is 2.99. The Balaban J connectivity index is 1.59. The molecule has 224 valence electrons. The van der Waals surface area contributed by atoms with Crippen LogP contribution in [0.25, 0.3) is 0 Å². The van der Waals surface area contributed by atoms with Crippen LogP contribution < -0.4 is 15.4 Å². The van der Waals surface area contributed by atoms with E-state index in [0.717, 1.165) is 11.1 Å². The van der Waals surface area contributed by atoms with Crippen LogP contribution in [0.2, 0.25) is 0 Å². The monoisotopic (exact) mass is 576 g/mol. The largest absolute Gasteiger partial charge is 0.462 e. The van der Waals surface area contributed by atoms with E-state index in [-0.39, 0.29) is 37.5 Å². The molecule has 1 unspecified atom stereocenters. The maximum Gasteiger partial charge on any atom is 0.242 e. The van der Waals surface area contributed by atoms with Crippen LogP contribution >= 0.6 is 0 Å². The Morgan fingerprint density at radius 2 is 1.36 bits per heavy atom. The number of para-hydroxylation sites is 1. The van der Waals surface area contributed by atoms with E-state index in [1.165, 1.54) is 6.92 Å². The lowest BCUT2D eigenvalue weighted by Crippen LogP contribution is -2.63. The van der Waals surface area contributed by atoms with Gasteiger partial charge < -0.3 is 34.7 Å². The number of benzene rings is 3. The summed E-state index contributed by atoms with van der Waals surface area (Å²) in [4.78, 5) is 24.9. The topological polar surface area (TPSA) is 115 Å². The molecule has 4 rings (SSSR count). The van der Waals surface area contributed by atoms with Crippen molar-refractivity contribution in [2.75, 3.05) is 6.54 Å². The van der Waals surface area contributed by atoms with E-state index in [9.17, 15) is 14.7 Å². The molecule has 3 aromatic carbocycles. The number of rotatable bonds is 13. The number of hydrogen-bond donors (Lipinski definition) is 3. The van der Waals surface area contributed by atoms with E-state index in [4.69, 9.17) is 18.9 Å². The minimum atomic E-state index is -1.20. The summed E-state index contributed by atoms with van der Waals surface area (Å²) in [5, 5.41) is 17.1. The molecule has 9 nitrogen and oxygen atoms in total. The van der Waals surface area contributed by atoms with Gasteiger partial charge in [0.1, 0.15) is 36.2 Å². The highest BCUT2D eigenvalue weighted by Crippen LogP contribution is 2.29. The van der Waals surface area contributed by atoms with Crippen molar-refractivity contribution in [3.63, 3.8) is 0 Å². The molecular formula is C33H40N2O7. The summed E-state index contributed by atoms with van der Waals surface area (Å²) in [6.45, 7) is 5.59. The number of carbonyl (C=O) groups is 2. The number of amides is 2. The van der Waals surface area contributed by atoms with Crippen molar-refractivity contribution in [2.45, 2.75) is 70.7 Å². The second-order valence-electron chi connectivity index (χ2n) is 10.7. The highest BCUT2D eigenvalue weighted by atomic mass is 16.7. The SMILES string of the molecule is CC(=O)NC(C(=O)NC[C@H]1O[C@@H](Oc2ccccc2)[C@H](O)[C@@H](OCc2ccccc2)[C@@H]1OCc1ccccc1)C(C)C. The fourth-order valence-corrected chi connectivity index (χ4v) is 4.78. The van der Waals surface area contributed by atoms with E-state index in [2.05, 4.69) is 10.6 Å². The van der Waals surface area contributed by atoms with Gasteiger partial charge in [0.25, 0.3) is 0 Å². The second-order valence-corrected chi connectivity index (χ2v) is 10.7. The molecule has 1 aliphatic rings. The molecule has 6 atom stereocenters. The average molecular weight is 577 g/mol. The number of carbonyl (C=O) groups excluding carboxylic acids is 2. The van der Waals surface area contributed by atoms with Gasteiger partial charge in [-0.25, -0.2) is 0 Å². The molecule has 0 radical (unpaired) electrons. The molecule has 0 spiro atoms. The molecular weight excluding hydrogens is 536 g/mol. The van der Waals surface area contributed by atoms with Crippen LogP contribution in [-0.2, 0) is 37.0 Å². The maximum absolute atomic E-state index is 13.1. The molecule has 1 heterocycles. The van der Waals surface area contributed by atoms with E-state index >= 15 is 0 Å². The van der Waals surface area contributed by atoms with Gasteiger partial charge in [-0.1, -0.05) is 92.7 Å². The van der Waals surface area contributed by atoms with Crippen molar-refractivity contribution in [2.24, 2.45) is 5.92 Å². The molecule has 9 heteroatoms. The molecule has 1 aliphatic heterocycles. The Labute approximate surface area is 247 Å². The lowest BCUT2D eigenvalue weighted by atomic mass is 9.97. The Kier molecular flexibility index (Phi) is 11.5. The third kappa shape index (κ3) is 8.87. The molecule has 3 N–H and O–H groups in total. The summed E-state index contributed by atoms with van der Waals surface area (Å²) in [5.41, 5.74) is 1.86. The first-order valence-corrected chi connectivity index (χ1v) is 14.2. The Morgan fingerprint density at radius 1 is 0.833 bits per heavy atom. The highest BCUT2D eigenvalue weighted by Gasteiger charge is 2.48. The fraction of sp³-hybridized carbons (Fsp3) is 0.394. The van der Waals surface area contributed by atoms with Gasteiger partial charge in [-0.2, -0.15) is 0 Å². The maximum atomic E-state index is 13.1. The zero-order chi connectivity index (χ0) is 29.9. The molecule has 2 amide bonds. The van der Waals surface area contributed by atoms with E-state index in [0.29, 0.717) is 5.75 Å². The summed E-state index contributed by atoms with van der Waals surface area (Å²) in [6.07, 6.45) is -4.67. The van der Waals surface area contributed by atoms with Gasteiger partial charge >= 0.3 is 0 Å². The normalized spacial score (nSPS) is 22.7. The Hall–Kier alpha value is -3.76. The van der Waals surface area contributed by atoms with Crippen LogP contribution in [-0.4, -0.2) is 60.2 Å². The van der Waals surface area contributed by atoms with E-state index in [1.807, 2.05) is 92.7 Å². The molecule has 42 heavy (non-hydrogen) atoms. The quantitative estimate of drug-likeness (QED) is 0.285. The molecule has 1 saturated heterocycles. The van der Waals surface area contributed by atoms with Gasteiger partial charge in [-0.15, -0.1) is 0 Å². The van der Waals surface area contributed by atoms with Crippen molar-refractivity contribution >= 4 is 11.8 Å². The number of ether oxygens (including phenoxy) is 4. The molecule has 1 fully saturated rings. The fourth-order valence-electron chi connectivity index (χ4n) is 4.78. The van der Waals surface area contributed by atoms with Gasteiger partial charge in [0, 0.05) is 13.5 Å². The van der Waals surface area contributed by atoms with Crippen LogP contribution in [0.5, 0.6) is 5.75 Å². The van der Waals surface area contributed by atoms with Crippen LogP contribution in [0.1, 0.15) is 31.9 Å². The first kappa shape index (κ1) is 31.2. The third-order valence-electron chi connectivity index (χ3n) is 6.97. The first-order valence-electron chi connectivity index (χ1n) is 14.2. The third-order valence-corrected chi connectivity index (χ3v) is 6.97. The van der Waals surface area contributed by atoms with Crippen molar-refractivity contribution in [3.8, 4) is 5.75 Å². The Bertz CT molecular complexity index is 1240. The molecule has 0 aliphatic carbocycles. The second kappa shape index (κ2) is 15.5. The highest BCUT2D eigenvalue weighted by molar-refractivity contribution is 5.87. The van der Waals surface area contributed by atoms with Crippen molar-refractivity contribution in [3.05, 3.63) is 102 Å². The first-order chi connectivity index (χ1) is 20.3. The predicted molar refractivity (Wildman–Crippen MR) is 157 cm³/mol. The van der Waals surface area contributed by atoms with Crippen molar-refractivity contribution in [1.29, 1.82) is 0 Å². The van der Waals surface area contributed by atoms with Gasteiger partial charge in [0.15, 0.2) is 0 Å². The zero-order valence-corrected chi connectivity index (χ0v) is 24.2. The standard InChI is InChI=1S/C33H40N2O7/c1-22(2)28(35-23(3)36)32(38)34-19-27-30(39-20-24-13-7-4-8-14-24)31(40-21-25-15-9-5-10-16-25)29(37)33(42-27)41-26-17-11-6-12-18-26/h4-18,22,27-31,33,37H,19-21H2,1-3H3,(H,34,38)(H,35,36)/t27-,28?,29-,30-,31-,33-/m1/s1. The van der Waals surface area contributed by atoms with Gasteiger partial charge in [-0.3, -0.25) is 9.59 Å². The van der Waals surface area contributed by atoms with Crippen molar-refractivity contribution < 1.29 is 33.6 Å². The van der Waals surface area contributed by atoms with Crippen LogP contribution in [0.3, 0.4) is 0 Å². The molecule has 0 bridgehead atoms. The summed E-state index contributed by atoms with van der Waals surface area (Å²) < 4.78 is 25.0. The lowest BCUT2D eigenvalue weighted by molar-refractivity contribution is -0.291. The number of nitrogens with one attached hydrogen (secondary N) is 2. The van der Waals surface area contributed by atoms with E-state index < -0.39 is 36.7 Å². The van der Waals surface area contributed by atoms with Crippen LogP contribution in [0, 0.1) is 5.92 Å². The number of aliphatic hydroxyl groups is 1. The molecule has 0 aromatic heterocycles. The smallest absolute Gasteiger partial charge is 0.242 e. The molecule has 3 aromatic rings. The minimum absolute atomic E-state index is 0.0354. The zero-order valence-electron chi connectivity index (χ0n) is 24.2. The van der Waals surface area contributed by atoms with Gasteiger partial charge in [0.05, 0.1) is 13.2 Å². The summed E-state index contributed by atoms with van der Waals surface area (Å²) in [5.74, 6) is -0.265. The van der Waals surface area contributed by atoms with Gasteiger partial charge in [0.2, 0.25) is 18.1 Å². The Morgan fingerprint density at radius 3 is 1.88 bits per heavy atom. The lowest BCUT2D eigenvalue weighted by Gasteiger charge is -2.44. The van der Waals surface area contributed by atoms with Crippen molar-refractivity contribution in [1.82, 2.24) is 10.6 Å². The summed E-state index contributed by atoms with van der Waals surface area (Å²) in [7, 11) is 0. The number of hydrogen-bond acceptors (Lipinski definition) is 7. The van der Waals surface area contributed by atoms with E-state index in [1.54, 1.807) is 12.1 Å². The van der Waals surface area contributed by atoms with Gasteiger partial charge in [-0.05, 0) is 29.2 Å². The van der Waals surface area contributed by atoms with Crippen LogP contribution in [0.4, 0.5) is 0 Å².